The molecule has 2 aromatic rings. The van der Waals surface area contributed by atoms with Crippen LogP contribution in [0.5, 0.6) is 0 Å². The van der Waals surface area contributed by atoms with Crippen LogP contribution < -0.4 is 5.32 Å². The molecule has 0 spiro atoms. The predicted octanol–water partition coefficient (Wildman–Crippen LogP) is 4.53. The number of nitrogens with one attached hydrogen (secondary N) is 1. The summed E-state index contributed by atoms with van der Waals surface area (Å²) in [7, 11) is 0. The Morgan fingerprint density at radius 1 is 1.00 bits per heavy atom. The van der Waals surface area contributed by atoms with Crippen molar-refractivity contribution in [2.75, 3.05) is 11.9 Å². The Kier molecular flexibility index (Phi) is 4.66. The van der Waals surface area contributed by atoms with Gasteiger partial charge in [-0.3, -0.25) is 0 Å². The molecule has 0 aromatic heterocycles. The molecule has 0 amide bonds. The van der Waals surface area contributed by atoms with E-state index in [2.05, 4.69) is 37.2 Å². The molecular formula is C15H15Br2NO. The molecule has 0 saturated heterocycles. The van der Waals surface area contributed by atoms with E-state index in [0.717, 1.165) is 20.2 Å². The van der Waals surface area contributed by atoms with E-state index in [1.54, 1.807) is 0 Å². The minimum absolute atomic E-state index is 0.00303. The van der Waals surface area contributed by atoms with Gasteiger partial charge < -0.3 is 10.4 Å². The van der Waals surface area contributed by atoms with Crippen molar-refractivity contribution < 1.29 is 5.11 Å². The monoisotopic (exact) mass is 383 g/mol. The van der Waals surface area contributed by atoms with Gasteiger partial charge in [0, 0.05) is 14.6 Å². The van der Waals surface area contributed by atoms with Crippen LogP contribution in [0.1, 0.15) is 12.5 Å². The van der Waals surface area contributed by atoms with Crippen LogP contribution in [0, 0.1) is 0 Å². The van der Waals surface area contributed by atoms with Crippen molar-refractivity contribution >= 4 is 37.5 Å². The van der Waals surface area contributed by atoms with Crippen LogP contribution in [-0.4, -0.2) is 11.7 Å². The van der Waals surface area contributed by atoms with Gasteiger partial charge in [-0.05, 0) is 46.6 Å². The lowest BCUT2D eigenvalue weighted by atomic mass is 9.92. The highest BCUT2D eigenvalue weighted by molar-refractivity contribution is 9.11. The first-order valence-electron chi connectivity index (χ1n) is 5.95. The molecule has 0 aliphatic heterocycles. The molecule has 0 heterocycles. The maximum atomic E-state index is 9.82. The molecule has 0 aliphatic carbocycles. The van der Waals surface area contributed by atoms with E-state index in [9.17, 15) is 5.11 Å². The summed E-state index contributed by atoms with van der Waals surface area (Å²) in [6, 6.07) is 15.8. The molecule has 1 atom stereocenters. The van der Waals surface area contributed by atoms with Gasteiger partial charge >= 0.3 is 0 Å². The summed E-state index contributed by atoms with van der Waals surface area (Å²) in [5, 5.41) is 13.2. The van der Waals surface area contributed by atoms with Gasteiger partial charge in [-0.1, -0.05) is 46.3 Å². The van der Waals surface area contributed by atoms with Crippen LogP contribution >= 0.6 is 31.9 Å². The van der Waals surface area contributed by atoms with Crippen molar-refractivity contribution in [2.45, 2.75) is 12.5 Å². The second-order valence-electron chi connectivity index (χ2n) is 4.57. The average Bonchev–Trinajstić information content (AvgIpc) is 2.42. The molecule has 2 aromatic carbocycles. The molecule has 2 nitrogen and oxygen atoms in total. The molecule has 100 valence electrons. The van der Waals surface area contributed by atoms with Gasteiger partial charge in [-0.2, -0.15) is 0 Å². The van der Waals surface area contributed by atoms with Crippen LogP contribution in [0.4, 0.5) is 5.69 Å². The van der Waals surface area contributed by atoms with Gasteiger partial charge in [0.2, 0.25) is 0 Å². The second-order valence-corrected chi connectivity index (χ2v) is 6.28. The van der Waals surface area contributed by atoms with Crippen molar-refractivity contribution in [2.24, 2.45) is 0 Å². The number of hydrogen-bond acceptors (Lipinski definition) is 2. The third-order valence-electron chi connectivity index (χ3n) is 3.07. The lowest BCUT2D eigenvalue weighted by Gasteiger charge is -2.32. The Morgan fingerprint density at radius 3 is 2.16 bits per heavy atom. The van der Waals surface area contributed by atoms with Crippen LogP contribution in [0.3, 0.4) is 0 Å². The summed E-state index contributed by atoms with van der Waals surface area (Å²) in [6.07, 6.45) is 0. The summed E-state index contributed by atoms with van der Waals surface area (Å²) in [5.74, 6) is 0. The highest BCUT2D eigenvalue weighted by atomic mass is 79.9. The average molecular weight is 385 g/mol. The Bertz CT molecular complexity index is 574. The molecule has 2 rings (SSSR count). The molecule has 0 aliphatic rings. The fourth-order valence-electron chi connectivity index (χ4n) is 1.96. The number of aliphatic hydroxyl groups is 1. The molecule has 2 N–H and O–H groups in total. The van der Waals surface area contributed by atoms with Crippen molar-refractivity contribution in [3.8, 4) is 0 Å². The third-order valence-corrected chi connectivity index (χ3v) is 4.45. The second kappa shape index (κ2) is 6.07. The first-order valence-corrected chi connectivity index (χ1v) is 7.54. The zero-order valence-corrected chi connectivity index (χ0v) is 13.7. The van der Waals surface area contributed by atoms with E-state index in [1.807, 2.05) is 55.5 Å². The van der Waals surface area contributed by atoms with Gasteiger partial charge in [0.05, 0.1) is 12.1 Å². The maximum absolute atomic E-state index is 9.82. The first kappa shape index (κ1) is 14.6. The third kappa shape index (κ3) is 3.19. The fourth-order valence-corrected chi connectivity index (χ4v) is 3.07. The van der Waals surface area contributed by atoms with Crippen LogP contribution in [0.2, 0.25) is 0 Å². The number of halogens is 2. The first-order chi connectivity index (χ1) is 9.07. The van der Waals surface area contributed by atoms with Crippen molar-refractivity contribution in [3.05, 3.63) is 63.0 Å². The van der Waals surface area contributed by atoms with Crippen LogP contribution in [-0.2, 0) is 5.54 Å². The minimum atomic E-state index is -0.552. The number of anilines is 1. The largest absolute Gasteiger partial charge is 0.394 e. The number of para-hydroxylation sites is 1. The Labute approximate surface area is 130 Å². The zero-order chi connectivity index (χ0) is 13.9. The van der Waals surface area contributed by atoms with Gasteiger partial charge in [0.1, 0.15) is 0 Å². The number of hydrogen-bond donors (Lipinski definition) is 2. The maximum Gasteiger partial charge on any atom is 0.0839 e. The van der Waals surface area contributed by atoms with Gasteiger partial charge in [-0.25, -0.2) is 0 Å². The normalized spacial score (nSPS) is 13.9. The van der Waals surface area contributed by atoms with Gasteiger partial charge in [0.15, 0.2) is 0 Å². The Hall–Kier alpha value is -0.840. The minimum Gasteiger partial charge on any atom is -0.394 e. The SMILES string of the molecule is CC(CO)(Nc1ccccc1Br)c1ccccc1Br. The Balaban J connectivity index is 2.39. The summed E-state index contributed by atoms with van der Waals surface area (Å²) in [5.41, 5.74) is 1.42. The Morgan fingerprint density at radius 2 is 1.58 bits per heavy atom. The summed E-state index contributed by atoms with van der Waals surface area (Å²) in [4.78, 5) is 0. The summed E-state index contributed by atoms with van der Waals surface area (Å²) >= 11 is 7.06. The predicted molar refractivity (Wildman–Crippen MR) is 86.3 cm³/mol. The molecule has 0 radical (unpaired) electrons. The number of benzene rings is 2. The van der Waals surface area contributed by atoms with E-state index < -0.39 is 5.54 Å². The van der Waals surface area contributed by atoms with E-state index >= 15 is 0 Å². The van der Waals surface area contributed by atoms with E-state index in [0.29, 0.717) is 0 Å². The molecule has 0 bridgehead atoms. The van der Waals surface area contributed by atoms with Crippen molar-refractivity contribution in [1.29, 1.82) is 0 Å². The van der Waals surface area contributed by atoms with Gasteiger partial charge in [0.25, 0.3) is 0 Å². The highest BCUT2D eigenvalue weighted by Crippen LogP contribution is 2.33. The number of aliphatic hydroxyl groups excluding tert-OH is 1. The molecule has 19 heavy (non-hydrogen) atoms. The highest BCUT2D eigenvalue weighted by Gasteiger charge is 2.28. The lowest BCUT2D eigenvalue weighted by molar-refractivity contribution is 0.223. The number of rotatable bonds is 4. The molecule has 1 unspecified atom stereocenters. The van der Waals surface area contributed by atoms with Crippen molar-refractivity contribution in [1.82, 2.24) is 0 Å². The fraction of sp³-hybridized carbons (Fsp3) is 0.200. The van der Waals surface area contributed by atoms with E-state index in [1.165, 1.54) is 0 Å². The standard InChI is InChI=1S/C15H15Br2NO/c1-15(10-19,11-6-2-3-7-12(11)16)18-14-9-5-4-8-13(14)17/h2-9,18-19H,10H2,1H3. The molecule has 4 heteroatoms. The van der Waals surface area contributed by atoms with Gasteiger partial charge in [-0.15, -0.1) is 0 Å². The van der Waals surface area contributed by atoms with Crippen molar-refractivity contribution in [3.63, 3.8) is 0 Å². The van der Waals surface area contributed by atoms with Crippen LogP contribution in [0.25, 0.3) is 0 Å². The molecular weight excluding hydrogens is 370 g/mol. The summed E-state index contributed by atoms with van der Waals surface area (Å²) in [6.45, 7) is 1.98. The lowest BCUT2D eigenvalue weighted by Crippen LogP contribution is -2.36. The quantitative estimate of drug-likeness (QED) is 0.811. The molecule has 0 saturated carbocycles. The smallest absolute Gasteiger partial charge is 0.0839 e. The van der Waals surface area contributed by atoms with E-state index in [-0.39, 0.29) is 6.61 Å². The van der Waals surface area contributed by atoms with Crippen LogP contribution in [0.15, 0.2) is 57.5 Å². The molecule has 0 fully saturated rings. The zero-order valence-electron chi connectivity index (χ0n) is 10.5. The summed E-state index contributed by atoms with van der Waals surface area (Å²) < 4.78 is 1.95. The van der Waals surface area contributed by atoms with E-state index in [4.69, 9.17) is 0 Å². The topological polar surface area (TPSA) is 32.3 Å².